The topological polar surface area (TPSA) is 265 Å². The van der Waals surface area contributed by atoms with Crippen molar-refractivity contribution in [1.82, 2.24) is 15.5 Å². The largest absolute Gasteiger partial charge is 0.507 e. The Morgan fingerprint density at radius 3 is 2.34 bits per heavy atom. The van der Waals surface area contributed by atoms with Gasteiger partial charge >= 0.3 is 12.1 Å². The van der Waals surface area contributed by atoms with E-state index in [1.165, 1.54) is 71.1 Å². The second-order valence-electron chi connectivity index (χ2n) is 20.3. The fourth-order valence-electron chi connectivity index (χ4n) is 10.3. The van der Waals surface area contributed by atoms with Gasteiger partial charge < -0.3 is 59.4 Å². The van der Waals surface area contributed by atoms with E-state index in [9.17, 15) is 44.1 Å². The number of ketones is 2. The fourth-order valence-corrected chi connectivity index (χ4v) is 10.3. The Morgan fingerprint density at radius 1 is 0.961 bits per heavy atom. The van der Waals surface area contributed by atoms with Crippen LogP contribution in [0, 0.1) is 36.4 Å². The number of allylic oxidation sites excluding steroid dienone is 4. The van der Waals surface area contributed by atoms with Gasteiger partial charge in [0.05, 0.1) is 71.4 Å². The zero-order valence-corrected chi connectivity index (χ0v) is 45.0. The number of carbonyl (C=O) groups excluding carboxylic acids is 6. The summed E-state index contributed by atoms with van der Waals surface area (Å²) in [4.78, 5) is 89.8. The Hall–Kier alpha value is -7.14. The molecule has 0 radical (unpaired) electrons. The monoisotopic (exact) mass is 1070 g/mol. The number of amides is 3. The van der Waals surface area contributed by atoms with Crippen LogP contribution in [-0.4, -0.2) is 157 Å². The van der Waals surface area contributed by atoms with Crippen LogP contribution in [0.15, 0.2) is 71.3 Å². The summed E-state index contributed by atoms with van der Waals surface area (Å²) < 4.78 is 45.4. The molecule has 77 heavy (non-hydrogen) atoms. The molecule has 2 aromatic rings. The number of oxime groups is 1. The van der Waals surface area contributed by atoms with Crippen LogP contribution in [0.2, 0.25) is 0 Å². The van der Waals surface area contributed by atoms with Crippen LogP contribution < -0.4 is 25.2 Å². The first-order chi connectivity index (χ1) is 36.5. The lowest BCUT2D eigenvalue weighted by Crippen LogP contribution is -2.47. The molecule has 3 amide bonds. The summed E-state index contributed by atoms with van der Waals surface area (Å²) in [5.41, 5.74) is -0.238. The second-order valence-corrected chi connectivity index (χ2v) is 20.3. The Bertz CT molecular complexity index is 2800. The Morgan fingerprint density at radius 2 is 1.68 bits per heavy atom. The summed E-state index contributed by atoms with van der Waals surface area (Å²) in [6.07, 6.45) is 3.23. The smallest absolute Gasteiger partial charge is 0.414 e. The van der Waals surface area contributed by atoms with E-state index in [1.54, 1.807) is 52.0 Å². The van der Waals surface area contributed by atoms with Gasteiger partial charge in [-0.2, -0.15) is 0 Å². The van der Waals surface area contributed by atoms with Crippen LogP contribution in [0.5, 0.6) is 11.5 Å². The van der Waals surface area contributed by atoms with Gasteiger partial charge in [-0.05, 0) is 38.1 Å². The van der Waals surface area contributed by atoms with Gasteiger partial charge in [0, 0.05) is 101 Å². The molecule has 5 aliphatic heterocycles. The molecule has 5 bridgehead atoms. The van der Waals surface area contributed by atoms with Crippen molar-refractivity contribution in [2.75, 3.05) is 69.3 Å². The zero-order valence-electron chi connectivity index (χ0n) is 45.0. The van der Waals surface area contributed by atoms with E-state index >= 15 is 4.39 Å². The lowest BCUT2D eigenvalue weighted by molar-refractivity contribution is -0.160. The average Bonchev–Trinajstić information content (AvgIpc) is 3.92. The van der Waals surface area contributed by atoms with E-state index in [1.807, 2.05) is 4.90 Å². The number of halogens is 1. The number of rotatable bonds is 10. The maximum Gasteiger partial charge on any atom is 0.414 e. The number of nitrogens with zero attached hydrogens (tertiary/aromatic N) is 4. The molecular formula is C55H69FN6O15. The number of cyclic esters (lactones) is 1. The van der Waals surface area contributed by atoms with E-state index in [4.69, 9.17) is 28.5 Å². The van der Waals surface area contributed by atoms with Crippen molar-refractivity contribution in [3.63, 3.8) is 0 Å². The molecule has 0 unspecified atom stereocenters. The van der Waals surface area contributed by atoms with E-state index in [0.29, 0.717) is 44.1 Å². The first-order valence-corrected chi connectivity index (χ1v) is 25.6. The molecule has 0 spiro atoms. The molecule has 0 aromatic heterocycles. The number of anilines is 2. The van der Waals surface area contributed by atoms with Crippen molar-refractivity contribution >= 4 is 52.5 Å². The Balaban J connectivity index is 1.15. The number of nitrogens with one attached hydrogen (secondary N) is 2. The molecule has 0 saturated carbocycles. The highest BCUT2D eigenvalue weighted by Gasteiger charge is 2.51. The minimum Gasteiger partial charge on any atom is -0.507 e. The third kappa shape index (κ3) is 12.4. The van der Waals surface area contributed by atoms with Crippen molar-refractivity contribution in [2.24, 2.45) is 28.8 Å². The van der Waals surface area contributed by atoms with Gasteiger partial charge in [0.2, 0.25) is 11.7 Å². The minimum atomic E-state index is -1.90. The minimum absolute atomic E-state index is 0.00629. The second kappa shape index (κ2) is 24.0. The highest BCUT2D eigenvalue weighted by atomic mass is 19.1. The number of piperazine rings is 1. The molecule has 5 heterocycles. The number of hydrogen-bond donors (Lipinski definition) is 5. The third-order valence-corrected chi connectivity index (χ3v) is 14.9. The maximum absolute atomic E-state index is 15.6. The summed E-state index contributed by atoms with van der Waals surface area (Å²) in [6.45, 7) is 16.6. The highest BCUT2D eigenvalue weighted by molar-refractivity contribution is 6.31. The number of benzene rings is 2. The molecule has 5 N–H and O–H groups in total. The van der Waals surface area contributed by atoms with Gasteiger partial charge in [0.1, 0.15) is 36.1 Å². The molecule has 6 aliphatic rings. The lowest BCUT2D eigenvalue weighted by atomic mass is 9.78. The number of phenols is 1. The number of phenolic OH excluding ortho intramolecular Hbond substituents is 1. The Kier molecular flexibility index (Phi) is 18.0. The van der Waals surface area contributed by atoms with Gasteiger partial charge in [-0.3, -0.25) is 33.8 Å². The molecule has 10 atom stereocenters. The number of ether oxygens (including phenoxy) is 5. The van der Waals surface area contributed by atoms with Crippen LogP contribution in [-0.2, 0) is 38.2 Å². The van der Waals surface area contributed by atoms with E-state index < -0.39 is 107 Å². The van der Waals surface area contributed by atoms with Crippen molar-refractivity contribution in [3.8, 4) is 11.5 Å². The maximum atomic E-state index is 15.6. The summed E-state index contributed by atoms with van der Waals surface area (Å²) in [7, 11) is 1.44. The molecule has 1 aliphatic carbocycles. The fraction of sp³-hybridized carbons (Fsp3) is 0.509. The molecule has 416 valence electrons. The van der Waals surface area contributed by atoms with Crippen LogP contribution in [0.25, 0.3) is 0 Å². The van der Waals surface area contributed by atoms with Crippen molar-refractivity contribution in [2.45, 2.75) is 98.6 Å². The predicted molar refractivity (Wildman–Crippen MR) is 279 cm³/mol. The van der Waals surface area contributed by atoms with E-state index in [0.717, 1.165) is 6.08 Å². The zero-order chi connectivity index (χ0) is 56.2. The molecule has 21 nitrogen and oxygen atoms in total. The number of methoxy groups -OCH3 is 1. The number of aromatic hydroxyl groups is 1. The normalized spacial score (nSPS) is 28.8. The van der Waals surface area contributed by atoms with Crippen molar-refractivity contribution in [3.05, 3.63) is 94.2 Å². The predicted octanol–water partition coefficient (Wildman–Crippen LogP) is 4.59. The molecule has 2 saturated heterocycles. The van der Waals surface area contributed by atoms with Crippen LogP contribution >= 0.6 is 0 Å². The number of aliphatic hydroxyl groups excluding tert-OH is 2. The Labute approximate surface area is 446 Å². The van der Waals surface area contributed by atoms with Crippen molar-refractivity contribution < 1.29 is 77.0 Å². The van der Waals surface area contributed by atoms with Gasteiger partial charge in [-0.1, -0.05) is 51.1 Å². The third-order valence-electron chi connectivity index (χ3n) is 14.9. The summed E-state index contributed by atoms with van der Waals surface area (Å²) >= 11 is 0. The number of Topliss-reactive ketones (excluding diaryl/α,β-unsaturated/α-hetero) is 1. The average molecular weight is 1070 g/mol. The lowest BCUT2D eigenvalue weighted by Gasteiger charge is -2.38. The molecule has 8 rings (SSSR count). The molecular weight excluding hydrogens is 1000 g/mol. The number of aliphatic hydroxyl groups is 2. The van der Waals surface area contributed by atoms with Crippen LogP contribution in [0.4, 0.5) is 20.6 Å². The summed E-state index contributed by atoms with van der Waals surface area (Å²) in [6, 6.07) is 4.55. The first kappa shape index (κ1) is 57.6. The van der Waals surface area contributed by atoms with Gasteiger partial charge in [-0.25, -0.2) is 9.18 Å². The van der Waals surface area contributed by atoms with Gasteiger partial charge in [0.15, 0.2) is 11.5 Å². The molecule has 22 heteroatoms. The number of fused-ring (bicyclic) bond motifs is 14. The standard InChI is InChI=1S/C55H69FN6O15/c1-28-12-11-13-29(2)53(70)58-39-25-41(65)43-44(49(39)69)48(68)33(6)51-45(43)52(55(9,77-51)73-22-16-42(72-10)30(3)50(75-35(8)64)32(5)47(67)31(4)46(28)66)59-74-23-21-60-17-19-61(20-18-60)40-15-14-36(24-38(40)56)62-27-37(76-54(62)71)26-57-34(7)63/h11-16,22,24-25,28,30-32,37,42,46-47,50,66-68H,17-21,23,26-27H2,1-10H3,(H,57,63)(H,58,70)/t28-,30+,31+,32+,37-,42-,46-,47+,50+,55-/m0/s1. The first-order valence-electron chi connectivity index (χ1n) is 25.6. The molecule has 2 fully saturated rings. The summed E-state index contributed by atoms with van der Waals surface area (Å²) in [5, 5.41) is 44.3. The van der Waals surface area contributed by atoms with Crippen LogP contribution in [0.3, 0.4) is 0 Å². The highest BCUT2D eigenvalue weighted by Crippen LogP contribution is 2.48. The SMILES string of the molecule is CO[C@H]1C=CO[C@@]2(C)Oc3c(C)c(O)c4c(c3C2=NOCCN2CCN(c3ccc(N5C[C@H](CNC(C)=O)OC5=O)cc3F)CC2)C(=O)C=C(NC(=O)C(C)=CC=C[C@H](C)[C@H](O)[C@@H](C)[C@@H](O)[C@@H](C)[C@H](OC(C)=O)[C@@H]1C)C4=O. The van der Waals surface area contributed by atoms with Crippen LogP contribution in [0.1, 0.15) is 87.2 Å². The van der Waals surface area contributed by atoms with Crippen molar-refractivity contribution in [1.29, 1.82) is 0 Å². The van der Waals surface area contributed by atoms with E-state index in [2.05, 4.69) is 20.7 Å². The van der Waals surface area contributed by atoms with E-state index in [-0.39, 0.29) is 65.0 Å². The quantitative estimate of drug-likeness (QED) is 0.124. The van der Waals surface area contributed by atoms with Gasteiger partial charge in [0.25, 0.3) is 11.7 Å². The van der Waals surface area contributed by atoms with Gasteiger partial charge in [-0.15, -0.1) is 0 Å². The number of esters is 1. The number of hydrogen-bond acceptors (Lipinski definition) is 18. The molecule has 2 aromatic carbocycles. The summed E-state index contributed by atoms with van der Waals surface area (Å²) in [5.74, 6) is -8.81. The number of carbonyl (C=O) groups is 6.